The van der Waals surface area contributed by atoms with Gasteiger partial charge in [-0.15, -0.1) is 0 Å². The van der Waals surface area contributed by atoms with Crippen LogP contribution < -0.4 is 11.1 Å². The smallest absolute Gasteiger partial charge is 0.328 e. The summed E-state index contributed by atoms with van der Waals surface area (Å²) in [6, 6.07) is 6.45. The van der Waals surface area contributed by atoms with Crippen LogP contribution in [0.3, 0.4) is 0 Å². The molecule has 0 aliphatic rings. The maximum Gasteiger partial charge on any atom is 0.328 e. The maximum atomic E-state index is 11.5. The summed E-state index contributed by atoms with van der Waals surface area (Å²) < 4.78 is 4.50. The number of carbonyl (C=O) groups is 2. The van der Waals surface area contributed by atoms with Gasteiger partial charge in [0.05, 0.1) is 7.11 Å². The SMILES string of the molecule is COC(=O)C(C)NC(=O)/C=C/c1cccc(N)c1. The molecule has 1 rings (SSSR count). The van der Waals surface area contributed by atoms with Gasteiger partial charge in [-0.1, -0.05) is 12.1 Å². The predicted molar refractivity (Wildman–Crippen MR) is 69.5 cm³/mol. The molecule has 0 saturated carbocycles. The van der Waals surface area contributed by atoms with E-state index in [1.807, 2.05) is 6.07 Å². The van der Waals surface area contributed by atoms with Gasteiger partial charge >= 0.3 is 5.97 Å². The molecule has 1 amide bonds. The van der Waals surface area contributed by atoms with Crippen LogP contribution in [0.5, 0.6) is 0 Å². The molecule has 1 atom stereocenters. The van der Waals surface area contributed by atoms with Crippen molar-refractivity contribution in [1.29, 1.82) is 0 Å². The predicted octanol–water partition coefficient (Wildman–Crippen LogP) is 0.960. The van der Waals surface area contributed by atoms with E-state index in [-0.39, 0.29) is 5.91 Å². The number of methoxy groups -OCH3 is 1. The fraction of sp³-hybridized carbons (Fsp3) is 0.231. The van der Waals surface area contributed by atoms with Crippen molar-refractivity contribution in [3.8, 4) is 0 Å². The summed E-state index contributed by atoms with van der Waals surface area (Å²) in [5.41, 5.74) is 7.05. The molecule has 0 fully saturated rings. The third kappa shape index (κ3) is 4.29. The molecule has 0 aromatic heterocycles. The number of hydrogen-bond donors (Lipinski definition) is 2. The molecule has 5 heteroatoms. The highest BCUT2D eigenvalue weighted by Crippen LogP contribution is 2.07. The summed E-state index contributed by atoms with van der Waals surface area (Å²) in [6.45, 7) is 1.55. The van der Waals surface area contributed by atoms with Gasteiger partial charge in [-0.05, 0) is 30.7 Å². The largest absolute Gasteiger partial charge is 0.467 e. The lowest BCUT2D eigenvalue weighted by molar-refractivity contribution is -0.144. The number of nitrogen functional groups attached to an aromatic ring is 1. The van der Waals surface area contributed by atoms with Crippen LogP contribution in [-0.4, -0.2) is 25.0 Å². The molecule has 18 heavy (non-hydrogen) atoms. The first kappa shape index (κ1) is 13.8. The Labute approximate surface area is 106 Å². The summed E-state index contributed by atoms with van der Waals surface area (Å²) in [6.07, 6.45) is 2.96. The lowest BCUT2D eigenvalue weighted by atomic mass is 10.2. The molecule has 1 aromatic rings. The Morgan fingerprint density at radius 1 is 1.44 bits per heavy atom. The van der Waals surface area contributed by atoms with E-state index in [0.29, 0.717) is 5.69 Å². The number of amides is 1. The minimum Gasteiger partial charge on any atom is -0.467 e. The van der Waals surface area contributed by atoms with Gasteiger partial charge in [-0.25, -0.2) is 4.79 Å². The van der Waals surface area contributed by atoms with Crippen LogP contribution in [0.4, 0.5) is 5.69 Å². The lowest BCUT2D eigenvalue weighted by Crippen LogP contribution is -2.38. The Morgan fingerprint density at radius 3 is 2.78 bits per heavy atom. The van der Waals surface area contributed by atoms with Crippen LogP contribution in [0, 0.1) is 0 Å². The average molecular weight is 248 g/mol. The molecule has 0 aliphatic carbocycles. The van der Waals surface area contributed by atoms with E-state index in [9.17, 15) is 9.59 Å². The molecule has 5 nitrogen and oxygen atoms in total. The van der Waals surface area contributed by atoms with Gasteiger partial charge in [0.25, 0.3) is 0 Å². The number of anilines is 1. The van der Waals surface area contributed by atoms with Crippen molar-refractivity contribution in [2.24, 2.45) is 0 Å². The number of benzene rings is 1. The van der Waals surface area contributed by atoms with Gasteiger partial charge in [-0.2, -0.15) is 0 Å². The Bertz CT molecular complexity index is 469. The molecule has 0 spiro atoms. The first-order chi connectivity index (χ1) is 8.52. The summed E-state index contributed by atoms with van der Waals surface area (Å²) in [5.74, 6) is -0.851. The molecule has 0 bridgehead atoms. The first-order valence-electron chi connectivity index (χ1n) is 5.45. The van der Waals surface area contributed by atoms with E-state index in [2.05, 4.69) is 10.1 Å². The molecule has 1 unspecified atom stereocenters. The normalized spacial score (nSPS) is 12.1. The number of nitrogens with two attached hydrogens (primary N) is 1. The minimum absolute atomic E-state index is 0.365. The number of hydrogen-bond acceptors (Lipinski definition) is 4. The summed E-state index contributed by atoms with van der Waals surface area (Å²) in [7, 11) is 1.27. The van der Waals surface area contributed by atoms with Crippen molar-refractivity contribution in [1.82, 2.24) is 5.32 Å². The van der Waals surface area contributed by atoms with E-state index in [1.54, 1.807) is 31.2 Å². The summed E-state index contributed by atoms with van der Waals surface area (Å²) in [5, 5.41) is 2.48. The van der Waals surface area contributed by atoms with Crippen LogP contribution in [0.25, 0.3) is 6.08 Å². The van der Waals surface area contributed by atoms with Gasteiger partial charge < -0.3 is 15.8 Å². The highest BCUT2D eigenvalue weighted by Gasteiger charge is 2.13. The highest BCUT2D eigenvalue weighted by atomic mass is 16.5. The van der Waals surface area contributed by atoms with Crippen LogP contribution in [-0.2, 0) is 14.3 Å². The van der Waals surface area contributed by atoms with Crippen LogP contribution in [0.2, 0.25) is 0 Å². The van der Waals surface area contributed by atoms with Crippen molar-refractivity contribution in [2.75, 3.05) is 12.8 Å². The van der Waals surface area contributed by atoms with E-state index in [1.165, 1.54) is 13.2 Å². The fourth-order valence-electron chi connectivity index (χ4n) is 1.33. The molecule has 96 valence electrons. The molecular weight excluding hydrogens is 232 g/mol. The monoisotopic (exact) mass is 248 g/mol. The zero-order valence-corrected chi connectivity index (χ0v) is 10.3. The van der Waals surface area contributed by atoms with Crippen LogP contribution in [0.15, 0.2) is 30.3 Å². The molecule has 0 heterocycles. The Hall–Kier alpha value is -2.30. The molecule has 0 aliphatic heterocycles. The second-order valence-electron chi connectivity index (χ2n) is 3.76. The third-order valence-corrected chi connectivity index (χ3v) is 2.25. The number of esters is 1. The molecule has 0 saturated heterocycles. The van der Waals surface area contributed by atoms with Gasteiger partial charge in [-0.3, -0.25) is 4.79 Å². The quantitative estimate of drug-likeness (QED) is 0.472. The minimum atomic E-state index is -0.673. The Kier molecular flexibility index (Phi) is 4.92. The zero-order valence-electron chi connectivity index (χ0n) is 10.3. The lowest BCUT2D eigenvalue weighted by Gasteiger charge is -2.09. The number of ether oxygens (including phenoxy) is 1. The van der Waals surface area contributed by atoms with E-state index in [0.717, 1.165) is 5.56 Å². The van der Waals surface area contributed by atoms with Gasteiger partial charge in [0.2, 0.25) is 5.91 Å². The summed E-state index contributed by atoms with van der Waals surface area (Å²) in [4.78, 5) is 22.6. The number of nitrogens with one attached hydrogen (secondary N) is 1. The average Bonchev–Trinajstić information content (AvgIpc) is 2.35. The highest BCUT2D eigenvalue weighted by molar-refractivity contribution is 5.94. The van der Waals surface area contributed by atoms with Crippen molar-refractivity contribution < 1.29 is 14.3 Å². The molecule has 3 N–H and O–H groups in total. The number of carbonyl (C=O) groups excluding carboxylic acids is 2. The standard InChI is InChI=1S/C13H16N2O3/c1-9(13(17)18-2)15-12(16)7-6-10-4-3-5-11(14)8-10/h3-9H,14H2,1-2H3,(H,15,16)/b7-6+. The van der Waals surface area contributed by atoms with Gasteiger partial charge in [0.1, 0.15) is 6.04 Å². The summed E-state index contributed by atoms with van der Waals surface area (Å²) >= 11 is 0. The van der Waals surface area contributed by atoms with Crippen LogP contribution >= 0.6 is 0 Å². The topological polar surface area (TPSA) is 81.4 Å². The number of rotatable bonds is 4. The fourth-order valence-corrected chi connectivity index (χ4v) is 1.33. The third-order valence-electron chi connectivity index (χ3n) is 2.25. The second-order valence-corrected chi connectivity index (χ2v) is 3.76. The van der Waals surface area contributed by atoms with Gasteiger partial charge in [0.15, 0.2) is 0 Å². The van der Waals surface area contributed by atoms with E-state index < -0.39 is 12.0 Å². The van der Waals surface area contributed by atoms with Crippen molar-refractivity contribution in [2.45, 2.75) is 13.0 Å². The molecule has 0 radical (unpaired) electrons. The first-order valence-corrected chi connectivity index (χ1v) is 5.45. The van der Waals surface area contributed by atoms with Crippen LogP contribution in [0.1, 0.15) is 12.5 Å². The molecule has 1 aromatic carbocycles. The van der Waals surface area contributed by atoms with E-state index in [4.69, 9.17) is 5.73 Å². The zero-order chi connectivity index (χ0) is 13.5. The van der Waals surface area contributed by atoms with Crippen molar-refractivity contribution in [3.63, 3.8) is 0 Å². The Balaban J connectivity index is 2.57. The van der Waals surface area contributed by atoms with Crippen molar-refractivity contribution in [3.05, 3.63) is 35.9 Å². The Morgan fingerprint density at radius 2 is 2.17 bits per heavy atom. The molecular formula is C13H16N2O3. The van der Waals surface area contributed by atoms with Gasteiger partial charge in [0, 0.05) is 11.8 Å². The second kappa shape index (κ2) is 6.44. The van der Waals surface area contributed by atoms with Crippen molar-refractivity contribution >= 4 is 23.6 Å². The maximum absolute atomic E-state index is 11.5. The van der Waals surface area contributed by atoms with E-state index >= 15 is 0 Å².